The Morgan fingerprint density at radius 3 is 2.40 bits per heavy atom. The zero-order valence-electron chi connectivity index (χ0n) is 16.1. The molecule has 1 rings (SSSR count). The summed E-state index contributed by atoms with van der Waals surface area (Å²) >= 11 is 0. The third-order valence-electron chi connectivity index (χ3n) is 3.88. The van der Waals surface area contributed by atoms with Crippen LogP contribution in [0.2, 0.25) is 0 Å². The third-order valence-corrected chi connectivity index (χ3v) is 3.88. The first-order valence-corrected chi connectivity index (χ1v) is 9.18. The molecule has 140 valence electrons. The van der Waals surface area contributed by atoms with E-state index in [9.17, 15) is 4.79 Å². The molecular formula is C19H33N5O. The summed E-state index contributed by atoms with van der Waals surface area (Å²) in [5.74, 6) is 0.909. The van der Waals surface area contributed by atoms with Gasteiger partial charge in [0.1, 0.15) is 0 Å². The van der Waals surface area contributed by atoms with E-state index in [4.69, 9.17) is 0 Å². The third kappa shape index (κ3) is 7.92. The molecule has 25 heavy (non-hydrogen) atoms. The summed E-state index contributed by atoms with van der Waals surface area (Å²) in [6.07, 6.45) is 0.932. The number of para-hydroxylation sites is 1. The van der Waals surface area contributed by atoms with Gasteiger partial charge in [-0.1, -0.05) is 18.2 Å². The smallest absolute Gasteiger partial charge is 0.242 e. The molecule has 0 heterocycles. The average molecular weight is 348 g/mol. The van der Waals surface area contributed by atoms with Crippen LogP contribution in [0.3, 0.4) is 0 Å². The molecule has 1 aromatic rings. The number of benzene rings is 1. The van der Waals surface area contributed by atoms with Gasteiger partial charge in [0.15, 0.2) is 5.96 Å². The van der Waals surface area contributed by atoms with Crippen LogP contribution in [0.4, 0.5) is 5.69 Å². The Labute approximate surface area is 152 Å². The van der Waals surface area contributed by atoms with Crippen molar-refractivity contribution in [3.8, 4) is 0 Å². The number of nitrogens with zero attached hydrogens (tertiary/aromatic N) is 3. The minimum atomic E-state index is 0.129. The molecule has 0 aliphatic rings. The molecule has 0 unspecified atom stereocenters. The zero-order valence-corrected chi connectivity index (χ0v) is 16.1. The minimum Gasteiger partial charge on any atom is -0.385 e. The lowest BCUT2D eigenvalue weighted by molar-refractivity contribution is -0.131. The van der Waals surface area contributed by atoms with Gasteiger partial charge >= 0.3 is 0 Å². The van der Waals surface area contributed by atoms with E-state index < -0.39 is 0 Å². The molecular weight excluding hydrogens is 314 g/mol. The summed E-state index contributed by atoms with van der Waals surface area (Å²) in [4.78, 5) is 20.6. The van der Waals surface area contributed by atoms with Gasteiger partial charge < -0.3 is 20.4 Å². The van der Waals surface area contributed by atoms with Crippen LogP contribution in [0.15, 0.2) is 35.3 Å². The number of amides is 1. The van der Waals surface area contributed by atoms with Crippen molar-refractivity contribution in [1.82, 2.24) is 15.1 Å². The van der Waals surface area contributed by atoms with Crippen molar-refractivity contribution in [3.05, 3.63) is 30.3 Å². The first kappa shape index (κ1) is 20.8. The Morgan fingerprint density at radius 1 is 1.12 bits per heavy atom. The van der Waals surface area contributed by atoms with Gasteiger partial charge in [-0.2, -0.15) is 0 Å². The van der Waals surface area contributed by atoms with Crippen LogP contribution >= 0.6 is 0 Å². The molecule has 1 amide bonds. The fourth-order valence-electron chi connectivity index (χ4n) is 2.48. The van der Waals surface area contributed by atoms with E-state index in [1.165, 1.54) is 0 Å². The van der Waals surface area contributed by atoms with Gasteiger partial charge in [0.2, 0.25) is 5.91 Å². The summed E-state index contributed by atoms with van der Waals surface area (Å²) in [5.41, 5.74) is 1.13. The summed E-state index contributed by atoms with van der Waals surface area (Å²) in [5, 5.41) is 6.63. The zero-order chi connectivity index (χ0) is 18.5. The van der Waals surface area contributed by atoms with E-state index in [-0.39, 0.29) is 5.91 Å². The van der Waals surface area contributed by atoms with Crippen molar-refractivity contribution >= 4 is 17.6 Å². The van der Waals surface area contributed by atoms with Crippen molar-refractivity contribution in [2.45, 2.75) is 27.2 Å². The van der Waals surface area contributed by atoms with Gasteiger partial charge in [-0.25, -0.2) is 0 Å². The maximum atomic E-state index is 12.2. The molecule has 0 spiro atoms. The van der Waals surface area contributed by atoms with Crippen LogP contribution in [0.1, 0.15) is 27.2 Å². The summed E-state index contributed by atoms with van der Waals surface area (Å²) in [6, 6.07) is 10.2. The van der Waals surface area contributed by atoms with E-state index in [1.54, 1.807) is 0 Å². The van der Waals surface area contributed by atoms with Gasteiger partial charge in [0, 0.05) is 45.5 Å². The van der Waals surface area contributed by atoms with Gasteiger partial charge in [0.05, 0.1) is 6.54 Å². The number of rotatable bonds is 10. The lowest BCUT2D eigenvalue weighted by atomic mass is 10.3. The van der Waals surface area contributed by atoms with Crippen LogP contribution in [0.5, 0.6) is 0 Å². The Bertz CT molecular complexity index is 514. The molecule has 0 aliphatic heterocycles. The standard InChI is InChI=1S/C19H33N5O/c1-5-20-19(23(4)16-18(25)24(6-2)7-3)22-15-11-14-21-17-12-9-8-10-13-17/h8-10,12-13,21H,5-7,11,14-16H2,1-4H3,(H,20,22). The second-order valence-electron chi connectivity index (χ2n) is 5.80. The molecule has 0 saturated carbocycles. The number of hydrogen-bond acceptors (Lipinski definition) is 3. The molecule has 2 N–H and O–H groups in total. The Hall–Kier alpha value is -2.24. The van der Waals surface area contributed by atoms with Crippen molar-refractivity contribution < 1.29 is 4.79 Å². The quantitative estimate of drug-likeness (QED) is 0.387. The molecule has 0 aliphatic carbocycles. The number of guanidine groups is 1. The highest BCUT2D eigenvalue weighted by molar-refractivity contribution is 5.86. The molecule has 6 nitrogen and oxygen atoms in total. The lowest BCUT2D eigenvalue weighted by Crippen LogP contribution is -2.45. The maximum Gasteiger partial charge on any atom is 0.242 e. The largest absolute Gasteiger partial charge is 0.385 e. The first-order chi connectivity index (χ1) is 12.1. The number of carbonyl (C=O) groups is 1. The topological polar surface area (TPSA) is 60.0 Å². The predicted molar refractivity (Wildman–Crippen MR) is 106 cm³/mol. The van der Waals surface area contributed by atoms with E-state index in [0.717, 1.165) is 44.2 Å². The van der Waals surface area contributed by atoms with Crippen molar-refractivity contribution in [2.75, 3.05) is 51.6 Å². The number of carbonyl (C=O) groups excluding carboxylic acids is 1. The molecule has 0 bridgehead atoms. The SMILES string of the molecule is CCNC(=NCCCNc1ccccc1)N(C)CC(=O)N(CC)CC. The molecule has 0 radical (unpaired) electrons. The van der Waals surface area contributed by atoms with Crippen LogP contribution in [0, 0.1) is 0 Å². The molecule has 0 fully saturated rings. The fraction of sp³-hybridized carbons (Fsp3) is 0.579. The Balaban J connectivity index is 2.45. The second kappa shape index (κ2) is 12.2. The highest BCUT2D eigenvalue weighted by Crippen LogP contribution is 2.04. The molecule has 0 saturated heterocycles. The van der Waals surface area contributed by atoms with Crippen molar-refractivity contribution in [3.63, 3.8) is 0 Å². The molecule has 6 heteroatoms. The normalized spacial score (nSPS) is 11.1. The Kier molecular flexibility index (Phi) is 10.1. The summed E-state index contributed by atoms with van der Waals surface area (Å²) in [6.45, 7) is 10.2. The summed E-state index contributed by atoms with van der Waals surface area (Å²) in [7, 11) is 1.91. The molecule has 0 atom stereocenters. The van der Waals surface area contributed by atoms with Gasteiger partial charge in [-0.05, 0) is 39.3 Å². The fourth-order valence-corrected chi connectivity index (χ4v) is 2.48. The number of likely N-dealkylation sites (N-methyl/N-ethyl adjacent to an activating group) is 2. The van der Waals surface area contributed by atoms with Crippen LogP contribution in [-0.4, -0.2) is 68.0 Å². The van der Waals surface area contributed by atoms with Crippen molar-refractivity contribution in [2.24, 2.45) is 4.99 Å². The maximum absolute atomic E-state index is 12.2. The summed E-state index contributed by atoms with van der Waals surface area (Å²) < 4.78 is 0. The molecule has 0 aromatic heterocycles. The Morgan fingerprint density at radius 2 is 1.80 bits per heavy atom. The first-order valence-electron chi connectivity index (χ1n) is 9.18. The lowest BCUT2D eigenvalue weighted by Gasteiger charge is -2.25. The van der Waals surface area contributed by atoms with E-state index in [1.807, 2.05) is 55.8 Å². The highest BCUT2D eigenvalue weighted by atomic mass is 16.2. The van der Waals surface area contributed by atoms with Gasteiger partial charge in [-0.3, -0.25) is 9.79 Å². The number of anilines is 1. The minimum absolute atomic E-state index is 0.129. The van der Waals surface area contributed by atoms with Crippen LogP contribution < -0.4 is 10.6 Å². The number of aliphatic imine (C=N–C) groups is 1. The van der Waals surface area contributed by atoms with Gasteiger partial charge in [0.25, 0.3) is 0 Å². The molecule has 1 aromatic carbocycles. The van der Waals surface area contributed by atoms with Crippen LogP contribution in [0.25, 0.3) is 0 Å². The predicted octanol–water partition coefficient (Wildman–Crippen LogP) is 2.25. The number of nitrogens with one attached hydrogen (secondary N) is 2. The van der Waals surface area contributed by atoms with Crippen molar-refractivity contribution in [1.29, 1.82) is 0 Å². The van der Waals surface area contributed by atoms with Gasteiger partial charge in [-0.15, -0.1) is 0 Å². The second-order valence-corrected chi connectivity index (χ2v) is 5.80. The van der Waals surface area contributed by atoms with Crippen LogP contribution in [-0.2, 0) is 4.79 Å². The van der Waals surface area contributed by atoms with E-state index in [0.29, 0.717) is 13.1 Å². The average Bonchev–Trinajstić information content (AvgIpc) is 2.62. The van der Waals surface area contributed by atoms with E-state index >= 15 is 0 Å². The highest BCUT2D eigenvalue weighted by Gasteiger charge is 2.14. The van der Waals surface area contributed by atoms with E-state index in [2.05, 4.69) is 27.8 Å². The monoisotopic (exact) mass is 347 g/mol. The number of hydrogen-bond donors (Lipinski definition) is 2.